The predicted octanol–water partition coefficient (Wildman–Crippen LogP) is 3.02. The molecular formula is C8H5ClF3NO3. The molecule has 0 aliphatic carbocycles. The van der Waals surface area contributed by atoms with Crippen LogP contribution in [-0.2, 0) is 6.54 Å². The summed E-state index contributed by atoms with van der Waals surface area (Å²) in [4.78, 5) is 9.46. The zero-order chi connectivity index (χ0) is 12.3. The molecule has 0 N–H and O–H groups in total. The van der Waals surface area contributed by atoms with Crippen LogP contribution in [0.3, 0.4) is 0 Å². The van der Waals surface area contributed by atoms with Gasteiger partial charge in [-0.2, -0.15) is 0 Å². The van der Waals surface area contributed by atoms with Crippen LogP contribution in [0, 0.1) is 10.1 Å². The van der Waals surface area contributed by atoms with Crippen molar-refractivity contribution in [3.8, 4) is 5.75 Å². The van der Waals surface area contributed by atoms with Gasteiger partial charge in [-0.05, 0) is 12.1 Å². The highest BCUT2D eigenvalue weighted by Crippen LogP contribution is 2.31. The summed E-state index contributed by atoms with van der Waals surface area (Å²) in [5.74, 6) is -0.656. The van der Waals surface area contributed by atoms with E-state index in [1.807, 2.05) is 0 Å². The maximum absolute atomic E-state index is 12.0. The first-order chi connectivity index (χ1) is 7.29. The first-order valence-electron chi connectivity index (χ1n) is 3.94. The lowest BCUT2D eigenvalue weighted by atomic mass is 10.2. The van der Waals surface area contributed by atoms with E-state index in [1.165, 1.54) is 12.1 Å². The number of rotatable bonds is 3. The third-order valence-corrected chi connectivity index (χ3v) is 1.94. The molecule has 0 radical (unpaired) electrons. The maximum Gasteiger partial charge on any atom is 0.573 e. The number of hydrogen-bond acceptors (Lipinski definition) is 3. The summed E-state index contributed by atoms with van der Waals surface area (Å²) < 4.78 is 39.5. The molecule has 16 heavy (non-hydrogen) atoms. The third kappa shape index (κ3) is 3.58. The number of halogens is 4. The Balaban J connectivity index is 3.07. The van der Waals surface area contributed by atoms with E-state index in [0.717, 1.165) is 6.07 Å². The lowest BCUT2D eigenvalue weighted by Gasteiger charge is -2.12. The zero-order valence-electron chi connectivity index (χ0n) is 7.62. The third-order valence-electron chi connectivity index (χ3n) is 1.59. The Bertz CT molecular complexity index is 408. The van der Waals surface area contributed by atoms with E-state index >= 15 is 0 Å². The van der Waals surface area contributed by atoms with Crippen molar-refractivity contribution >= 4 is 11.6 Å². The fraction of sp³-hybridized carbons (Fsp3) is 0.250. The Labute approximate surface area is 92.7 Å². The quantitative estimate of drug-likeness (QED) is 0.616. The van der Waals surface area contributed by atoms with Crippen LogP contribution in [-0.4, -0.2) is 11.3 Å². The molecule has 4 nitrogen and oxygen atoms in total. The summed E-state index contributed by atoms with van der Waals surface area (Å²) in [5, 5.41) is 10.1. The number of alkyl halides is 3. The first kappa shape index (κ1) is 12.6. The molecule has 1 aromatic rings. The van der Waals surface area contributed by atoms with Gasteiger partial charge in [0.25, 0.3) is 0 Å². The lowest BCUT2D eigenvalue weighted by Crippen LogP contribution is -2.18. The standard InChI is InChI=1S/C8H5ClF3NO3/c9-6-2-1-3-7(16-8(10,11)12)5(6)4-13(14)15/h1-3H,4H2. The highest BCUT2D eigenvalue weighted by molar-refractivity contribution is 6.31. The normalized spacial score (nSPS) is 11.2. The lowest BCUT2D eigenvalue weighted by molar-refractivity contribution is -0.497. The van der Waals surface area contributed by atoms with Crippen molar-refractivity contribution in [1.82, 2.24) is 0 Å². The van der Waals surface area contributed by atoms with Crippen LogP contribution in [0.15, 0.2) is 18.2 Å². The molecule has 0 saturated carbocycles. The second-order valence-electron chi connectivity index (χ2n) is 2.76. The van der Waals surface area contributed by atoms with Gasteiger partial charge in [0, 0.05) is 4.92 Å². The molecule has 88 valence electrons. The number of hydrogen-bond donors (Lipinski definition) is 0. The van der Waals surface area contributed by atoms with E-state index in [-0.39, 0.29) is 10.6 Å². The molecule has 0 heterocycles. The second-order valence-corrected chi connectivity index (χ2v) is 3.16. The molecule has 0 saturated heterocycles. The van der Waals surface area contributed by atoms with Crippen molar-refractivity contribution in [3.63, 3.8) is 0 Å². The van der Waals surface area contributed by atoms with Crippen LogP contribution in [0.25, 0.3) is 0 Å². The van der Waals surface area contributed by atoms with Crippen LogP contribution >= 0.6 is 11.6 Å². The molecule has 0 aliphatic heterocycles. The van der Waals surface area contributed by atoms with Crippen molar-refractivity contribution in [2.45, 2.75) is 12.9 Å². The average Bonchev–Trinajstić information content (AvgIpc) is 2.08. The van der Waals surface area contributed by atoms with Crippen molar-refractivity contribution in [3.05, 3.63) is 38.9 Å². The molecule has 0 aromatic heterocycles. The van der Waals surface area contributed by atoms with Gasteiger partial charge >= 0.3 is 6.36 Å². The zero-order valence-corrected chi connectivity index (χ0v) is 8.38. The van der Waals surface area contributed by atoms with Gasteiger partial charge in [-0.3, -0.25) is 10.1 Å². The van der Waals surface area contributed by atoms with Gasteiger partial charge in [0.15, 0.2) is 0 Å². The van der Waals surface area contributed by atoms with Crippen LogP contribution in [0.2, 0.25) is 5.02 Å². The van der Waals surface area contributed by atoms with Crippen LogP contribution in [0.4, 0.5) is 13.2 Å². The molecule has 1 rings (SSSR count). The number of nitro groups is 1. The van der Waals surface area contributed by atoms with Crippen molar-refractivity contribution in [2.24, 2.45) is 0 Å². The van der Waals surface area contributed by atoms with Crippen molar-refractivity contribution in [2.75, 3.05) is 0 Å². The summed E-state index contributed by atoms with van der Waals surface area (Å²) >= 11 is 5.55. The average molecular weight is 256 g/mol. The van der Waals surface area contributed by atoms with Gasteiger partial charge in [-0.1, -0.05) is 17.7 Å². The highest BCUT2D eigenvalue weighted by Gasteiger charge is 2.33. The minimum Gasteiger partial charge on any atom is -0.405 e. The minimum absolute atomic E-state index is 0.140. The Morgan fingerprint density at radius 2 is 2.06 bits per heavy atom. The second kappa shape index (κ2) is 4.56. The molecule has 0 unspecified atom stereocenters. The van der Waals surface area contributed by atoms with E-state index in [9.17, 15) is 23.3 Å². The number of ether oxygens (including phenoxy) is 1. The van der Waals surface area contributed by atoms with E-state index in [1.54, 1.807) is 0 Å². The van der Waals surface area contributed by atoms with Gasteiger partial charge in [-0.15, -0.1) is 13.2 Å². The molecular weight excluding hydrogens is 251 g/mol. The summed E-state index contributed by atoms with van der Waals surface area (Å²) in [6, 6.07) is 3.44. The Morgan fingerprint density at radius 3 is 2.56 bits per heavy atom. The molecule has 0 aliphatic rings. The SMILES string of the molecule is O=[N+]([O-])Cc1c(Cl)cccc1OC(F)(F)F. The fourth-order valence-electron chi connectivity index (χ4n) is 1.04. The molecule has 0 amide bonds. The Kier molecular flexibility index (Phi) is 3.58. The maximum atomic E-state index is 12.0. The minimum atomic E-state index is -4.91. The van der Waals surface area contributed by atoms with Crippen LogP contribution < -0.4 is 4.74 Å². The van der Waals surface area contributed by atoms with Gasteiger partial charge in [0.05, 0.1) is 10.6 Å². The summed E-state index contributed by atoms with van der Waals surface area (Å²) in [6.07, 6.45) is -4.91. The molecule has 0 bridgehead atoms. The van der Waals surface area contributed by atoms with Gasteiger partial charge in [0.2, 0.25) is 6.54 Å². The van der Waals surface area contributed by atoms with E-state index in [2.05, 4.69) is 4.74 Å². The summed E-state index contributed by atoms with van der Waals surface area (Å²) in [5.41, 5.74) is -0.300. The predicted molar refractivity (Wildman–Crippen MR) is 48.8 cm³/mol. The fourth-order valence-corrected chi connectivity index (χ4v) is 1.27. The number of benzene rings is 1. The first-order valence-corrected chi connectivity index (χ1v) is 4.32. The number of nitrogens with zero attached hydrogens (tertiary/aromatic N) is 1. The van der Waals surface area contributed by atoms with Crippen LogP contribution in [0.1, 0.15) is 5.56 Å². The van der Waals surface area contributed by atoms with E-state index in [4.69, 9.17) is 11.6 Å². The highest BCUT2D eigenvalue weighted by atomic mass is 35.5. The summed E-state index contributed by atoms with van der Waals surface area (Å²) in [7, 11) is 0. The summed E-state index contributed by atoms with van der Waals surface area (Å²) in [6.45, 7) is -0.828. The Morgan fingerprint density at radius 1 is 1.44 bits per heavy atom. The molecule has 8 heteroatoms. The molecule has 1 aromatic carbocycles. The largest absolute Gasteiger partial charge is 0.573 e. The van der Waals surface area contributed by atoms with E-state index in [0.29, 0.717) is 0 Å². The molecule has 0 atom stereocenters. The van der Waals surface area contributed by atoms with Crippen molar-refractivity contribution < 1.29 is 22.8 Å². The van der Waals surface area contributed by atoms with Gasteiger partial charge in [-0.25, -0.2) is 0 Å². The topological polar surface area (TPSA) is 52.4 Å². The van der Waals surface area contributed by atoms with Crippen LogP contribution in [0.5, 0.6) is 5.75 Å². The van der Waals surface area contributed by atoms with Gasteiger partial charge in [0.1, 0.15) is 5.75 Å². The van der Waals surface area contributed by atoms with Gasteiger partial charge < -0.3 is 4.74 Å². The van der Waals surface area contributed by atoms with Crippen molar-refractivity contribution in [1.29, 1.82) is 0 Å². The Hall–Kier alpha value is -1.50. The monoisotopic (exact) mass is 255 g/mol. The van der Waals surface area contributed by atoms with E-state index < -0.39 is 23.6 Å². The smallest absolute Gasteiger partial charge is 0.405 e. The molecule has 0 fully saturated rings. The molecule has 0 spiro atoms.